The minimum Gasteiger partial charge on any atom is -0.392 e. The lowest BCUT2D eigenvalue weighted by atomic mass is 10.1. The molecule has 1 N–H and O–H groups in total. The molecule has 0 bridgehead atoms. The first-order valence-electron chi connectivity index (χ1n) is 3.52. The minimum atomic E-state index is -4.48. The molecule has 14 heavy (non-hydrogen) atoms. The number of aliphatic hydroxyl groups is 1. The van der Waals surface area contributed by atoms with Crippen LogP contribution >= 0.6 is 27.5 Å². The molecule has 0 radical (unpaired) electrons. The maximum Gasteiger partial charge on any atom is 0.417 e. The standard InChI is InChI=1S/C8H5BrClF3O/c9-7-5(8(11,12)13)1-4(3-14)2-6(7)10/h1-2,14H,3H2. The minimum absolute atomic E-state index is 0.0659. The van der Waals surface area contributed by atoms with Crippen LogP contribution in [0.5, 0.6) is 0 Å². The summed E-state index contributed by atoms with van der Waals surface area (Å²) < 4.78 is 36.9. The van der Waals surface area contributed by atoms with E-state index in [2.05, 4.69) is 15.9 Å². The van der Waals surface area contributed by atoms with Crippen molar-refractivity contribution in [3.8, 4) is 0 Å². The van der Waals surface area contributed by atoms with E-state index in [1.807, 2.05) is 0 Å². The summed E-state index contributed by atoms with van der Waals surface area (Å²) in [4.78, 5) is 0. The van der Waals surface area contributed by atoms with Crippen LogP contribution in [0, 0.1) is 0 Å². The average molecular weight is 289 g/mol. The van der Waals surface area contributed by atoms with Gasteiger partial charge in [-0.15, -0.1) is 0 Å². The number of halogens is 5. The lowest BCUT2D eigenvalue weighted by Crippen LogP contribution is -2.07. The van der Waals surface area contributed by atoms with Crippen molar-refractivity contribution in [2.75, 3.05) is 0 Å². The van der Waals surface area contributed by atoms with Gasteiger partial charge in [0, 0.05) is 4.47 Å². The molecule has 0 aliphatic heterocycles. The van der Waals surface area contributed by atoms with Crippen molar-refractivity contribution in [3.05, 3.63) is 32.8 Å². The molecule has 1 rings (SSSR count). The van der Waals surface area contributed by atoms with Gasteiger partial charge in [-0.2, -0.15) is 13.2 Å². The van der Waals surface area contributed by atoms with E-state index < -0.39 is 18.3 Å². The number of aliphatic hydroxyl groups excluding tert-OH is 1. The summed E-state index contributed by atoms with van der Waals surface area (Å²) in [6.45, 7) is -0.476. The molecule has 0 aliphatic rings. The Labute approximate surface area is 91.6 Å². The second kappa shape index (κ2) is 4.08. The molecule has 0 atom stereocenters. The molecule has 1 nitrogen and oxygen atoms in total. The van der Waals surface area contributed by atoms with Crippen molar-refractivity contribution in [1.82, 2.24) is 0 Å². The van der Waals surface area contributed by atoms with Crippen LogP contribution in [0.2, 0.25) is 5.02 Å². The fourth-order valence-electron chi connectivity index (χ4n) is 0.943. The fraction of sp³-hybridized carbons (Fsp3) is 0.250. The lowest BCUT2D eigenvalue weighted by molar-refractivity contribution is -0.138. The van der Waals surface area contributed by atoms with Crippen molar-refractivity contribution in [2.45, 2.75) is 12.8 Å². The average Bonchev–Trinajstić information content (AvgIpc) is 2.07. The largest absolute Gasteiger partial charge is 0.417 e. The molecule has 0 heterocycles. The number of hydrogen-bond acceptors (Lipinski definition) is 1. The first kappa shape index (κ1) is 11.8. The van der Waals surface area contributed by atoms with E-state index in [4.69, 9.17) is 16.7 Å². The summed E-state index contributed by atoms with van der Waals surface area (Å²) >= 11 is 8.29. The summed E-state index contributed by atoms with van der Waals surface area (Å²) in [6.07, 6.45) is -4.48. The van der Waals surface area contributed by atoms with Crippen LogP contribution in [0.1, 0.15) is 11.1 Å². The van der Waals surface area contributed by atoms with E-state index in [1.165, 1.54) is 6.07 Å². The maximum atomic E-state index is 12.4. The van der Waals surface area contributed by atoms with Gasteiger partial charge in [-0.3, -0.25) is 0 Å². The molecule has 0 unspecified atom stereocenters. The molecule has 0 aliphatic carbocycles. The third-order valence-electron chi connectivity index (χ3n) is 1.58. The number of rotatable bonds is 1. The predicted molar refractivity (Wildman–Crippen MR) is 50.1 cm³/mol. The van der Waals surface area contributed by atoms with Crippen LogP contribution < -0.4 is 0 Å². The second-order valence-corrected chi connectivity index (χ2v) is 3.80. The van der Waals surface area contributed by atoms with E-state index >= 15 is 0 Å². The molecule has 0 saturated carbocycles. The van der Waals surface area contributed by atoms with E-state index in [9.17, 15) is 13.2 Å². The highest BCUT2D eigenvalue weighted by Crippen LogP contribution is 2.39. The molecule has 1 aromatic carbocycles. The number of alkyl halides is 3. The molecular formula is C8H5BrClF3O. The van der Waals surface area contributed by atoms with Gasteiger partial charge in [0.2, 0.25) is 0 Å². The van der Waals surface area contributed by atoms with Gasteiger partial charge in [-0.25, -0.2) is 0 Å². The Bertz CT molecular complexity index is 351. The zero-order valence-corrected chi connectivity index (χ0v) is 9.04. The van der Waals surface area contributed by atoms with Crippen LogP contribution in [0.3, 0.4) is 0 Å². The van der Waals surface area contributed by atoms with Crippen LogP contribution in [0.15, 0.2) is 16.6 Å². The van der Waals surface area contributed by atoms with Crippen LogP contribution in [-0.2, 0) is 12.8 Å². The molecular weight excluding hydrogens is 284 g/mol. The van der Waals surface area contributed by atoms with E-state index in [-0.39, 0.29) is 15.1 Å². The van der Waals surface area contributed by atoms with Gasteiger partial charge in [0.15, 0.2) is 0 Å². The molecule has 0 amide bonds. The van der Waals surface area contributed by atoms with Crippen LogP contribution in [-0.4, -0.2) is 5.11 Å². The number of hydrogen-bond donors (Lipinski definition) is 1. The normalized spacial score (nSPS) is 11.9. The Balaban J connectivity index is 3.35. The van der Waals surface area contributed by atoms with Crippen molar-refractivity contribution >= 4 is 27.5 Å². The monoisotopic (exact) mass is 288 g/mol. The maximum absolute atomic E-state index is 12.4. The van der Waals surface area contributed by atoms with Gasteiger partial charge >= 0.3 is 6.18 Å². The third-order valence-corrected chi connectivity index (χ3v) is 2.96. The zero-order valence-electron chi connectivity index (χ0n) is 6.70. The highest BCUT2D eigenvalue weighted by atomic mass is 79.9. The van der Waals surface area contributed by atoms with E-state index in [1.54, 1.807) is 0 Å². The van der Waals surface area contributed by atoms with Gasteiger partial charge < -0.3 is 5.11 Å². The highest BCUT2D eigenvalue weighted by molar-refractivity contribution is 9.10. The summed E-state index contributed by atoms with van der Waals surface area (Å²) in [5, 5.41) is 8.64. The molecule has 6 heteroatoms. The quantitative estimate of drug-likeness (QED) is 0.837. The summed E-state index contributed by atoms with van der Waals surface area (Å²) in [5.41, 5.74) is -0.750. The first-order chi connectivity index (χ1) is 6.36. The van der Waals surface area contributed by atoms with Crippen molar-refractivity contribution in [1.29, 1.82) is 0 Å². The SMILES string of the molecule is OCc1cc(Cl)c(Br)c(C(F)(F)F)c1. The molecule has 78 valence electrons. The predicted octanol–water partition coefficient (Wildman–Crippen LogP) is 3.61. The van der Waals surface area contributed by atoms with Crippen molar-refractivity contribution in [2.24, 2.45) is 0 Å². The van der Waals surface area contributed by atoms with Gasteiger partial charge in [0.25, 0.3) is 0 Å². The Morgan fingerprint density at radius 3 is 2.36 bits per heavy atom. The van der Waals surface area contributed by atoms with Crippen LogP contribution in [0.25, 0.3) is 0 Å². The van der Waals surface area contributed by atoms with Crippen molar-refractivity contribution < 1.29 is 18.3 Å². The fourth-order valence-corrected chi connectivity index (χ4v) is 1.64. The summed E-state index contributed by atoms with van der Waals surface area (Å²) in [7, 11) is 0. The molecule has 1 aromatic rings. The van der Waals surface area contributed by atoms with Crippen molar-refractivity contribution in [3.63, 3.8) is 0 Å². The molecule has 0 saturated heterocycles. The van der Waals surface area contributed by atoms with Gasteiger partial charge in [-0.05, 0) is 33.6 Å². The Morgan fingerprint density at radius 2 is 1.93 bits per heavy atom. The van der Waals surface area contributed by atoms with Gasteiger partial charge in [-0.1, -0.05) is 11.6 Å². The van der Waals surface area contributed by atoms with Gasteiger partial charge in [0.05, 0.1) is 17.2 Å². The zero-order chi connectivity index (χ0) is 10.9. The lowest BCUT2D eigenvalue weighted by Gasteiger charge is -2.11. The molecule has 0 fully saturated rings. The summed E-state index contributed by atoms with van der Waals surface area (Å²) in [6, 6.07) is 2.14. The highest BCUT2D eigenvalue weighted by Gasteiger charge is 2.34. The number of benzene rings is 1. The Kier molecular flexibility index (Phi) is 3.44. The molecule has 0 spiro atoms. The first-order valence-corrected chi connectivity index (χ1v) is 4.69. The van der Waals surface area contributed by atoms with Gasteiger partial charge in [0.1, 0.15) is 0 Å². The summed E-state index contributed by atoms with van der Waals surface area (Å²) in [5.74, 6) is 0. The van der Waals surface area contributed by atoms with E-state index in [0.717, 1.165) is 6.07 Å². The van der Waals surface area contributed by atoms with E-state index in [0.29, 0.717) is 0 Å². The third kappa shape index (κ3) is 2.40. The Morgan fingerprint density at radius 1 is 1.36 bits per heavy atom. The Hall–Kier alpha value is -0.260. The smallest absolute Gasteiger partial charge is 0.392 e. The molecule has 0 aromatic heterocycles. The van der Waals surface area contributed by atoms with Crippen LogP contribution in [0.4, 0.5) is 13.2 Å². The topological polar surface area (TPSA) is 20.2 Å². The second-order valence-electron chi connectivity index (χ2n) is 2.60.